The van der Waals surface area contributed by atoms with Crippen molar-refractivity contribution in [3.63, 3.8) is 0 Å². The van der Waals surface area contributed by atoms with Crippen molar-refractivity contribution >= 4 is 46.0 Å². The summed E-state index contributed by atoms with van der Waals surface area (Å²) in [4.78, 5) is 10.4. The second kappa shape index (κ2) is 8.08. The number of benzene rings is 2. The van der Waals surface area contributed by atoms with Crippen molar-refractivity contribution < 1.29 is 4.92 Å². The first-order chi connectivity index (χ1) is 11.4. The van der Waals surface area contributed by atoms with Gasteiger partial charge < -0.3 is 10.6 Å². The Hall–Kier alpha value is -2.18. The van der Waals surface area contributed by atoms with E-state index in [2.05, 4.69) is 36.6 Å². The number of hydrogen-bond donors (Lipinski definition) is 2. The summed E-state index contributed by atoms with van der Waals surface area (Å²) in [5, 5.41) is 17.4. The van der Waals surface area contributed by atoms with Crippen LogP contribution in [0.2, 0.25) is 5.02 Å². The predicted molar refractivity (Wildman–Crippen MR) is 103 cm³/mol. The van der Waals surface area contributed by atoms with Gasteiger partial charge in [-0.25, -0.2) is 0 Å². The van der Waals surface area contributed by atoms with Gasteiger partial charge in [0, 0.05) is 17.8 Å². The second-order valence-electron chi connectivity index (χ2n) is 5.43. The lowest BCUT2D eigenvalue weighted by Gasteiger charge is -2.13. The van der Waals surface area contributed by atoms with E-state index in [1.54, 1.807) is 0 Å². The molecule has 0 saturated carbocycles. The molecule has 1 atom stereocenters. The number of nitro benzene ring substituents is 1. The topological polar surface area (TPSA) is 67.2 Å². The smallest absolute Gasteiger partial charge is 0.271 e. The van der Waals surface area contributed by atoms with Crippen molar-refractivity contribution in [3.05, 3.63) is 63.2 Å². The van der Waals surface area contributed by atoms with E-state index >= 15 is 0 Å². The van der Waals surface area contributed by atoms with Crippen molar-refractivity contribution in [2.24, 2.45) is 0 Å². The number of nitrogens with zero attached hydrogens (tertiary/aromatic N) is 1. The Morgan fingerprint density at radius 3 is 2.50 bits per heavy atom. The van der Waals surface area contributed by atoms with Crippen molar-refractivity contribution in [3.8, 4) is 0 Å². The number of thiocarbonyl (C=S) groups is 1. The van der Waals surface area contributed by atoms with Gasteiger partial charge in [0.05, 0.1) is 15.6 Å². The number of rotatable bonds is 5. The Morgan fingerprint density at radius 1 is 1.25 bits per heavy atom. The van der Waals surface area contributed by atoms with Gasteiger partial charge in [0.25, 0.3) is 5.69 Å². The highest BCUT2D eigenvalue weighted by Gasteiger charge is 2.11. The first-order valence-electron chi connectivity index (χ1n) is 7.52. The zero-order valence-corrected chi connectivity index (χ0v) is 14.9. The number of halogens is 1. The summed E-state index contributed by atoms with van der Waals surface area (Å²) < 4.78 is 0. The lowest BCUT2D eigenvalue weighted by Crippen LogP contribution is -2.19. The maximum absolute atomic E-state index is 10.8. The fourth-order valence-corrected chi connectivity index (χ4v) is 2.53. The number of anilines is 2. The van der Waals surface area contributed by atoms with Crippen LogP contribution in [0.25, 0.3) is 0 Å². The molecule has 0 radical (unpaired) electrons. The Balaban J connectivity index is 2.05. The average Bonchev–Trinajstić information content (AvgIpc) is 2.56. The molecule has 0 fully saturated rings. The molecule has 7 heteroatoms. The van der Waals surface area contributed by atoms with E-state index in [0.717, 1.165) is 12.1 Å². The summed E-state index contributed by atoms with van der Waals surface area (Å²) in [6.07, 6.45) is 1.08. The summed E-state index contributed by atoms with van der Waals surface area (Å²) in [5.74, 6) is 0.507. The van der Waals surface area contributed by atoms with Crippen LogP contribution in [-0.2, 0) is 0 Å². The fourth-order valence-electron chi connectivity index (χ4n) is 2.14. The van der Waals surface area contributed by atoms with Gasteiger partial charge in [-0.1, -0.05) is 37.6 Å². The highest BCUT2D eigenvalue weighted by atomic mass is 35.5. The third-order valence-electron chi connectivity index (χ3n) is 3.76. The van der Waals surface area contributed by atoms with Gasteiger partial charge in [-0.15, -0.1) is 0 Å². The van der Waals surface area contributed by atoms with Gasteiger partial charge in [0.1, 0.15) is 0 Å². The molecular weight excluding hydrogens is 346 g/mol. The summed E-state index contributed by atoms with van der Waals surface area (Å²) in [5.41, 5.74) is 2.44. The molecule has 0 bridgehead atoms. The van der Waals surface area contributed by atoms with Crippen molar-refractivity contribution in [1.29, 1.82) is 0 Å². The molecule has 5 nitrogen and oxygen atoms in total. The molecule has 0 aliphatic rings. The molecule has 0 aliphatic heterocycles. The molecular formula is C17H18ClN3O2S. The molecule has 0 aromatic heterocycles. The Kier molecular flexibility index (Phi) is 6.11. The van der Waals surface area contributed by atoms with Crippen LogP contribution in [0, 0.1) is 10.1 Å². The summed E-state index contributed by atoms with van der Waals surface area (Å²) >= 11 is 11.3. The lowest BCUT2D eigenvalue weighted by atomic mass is 9.99. The summed E-state index contributed by atoms with van der Waals surface area (Å²) in [6.45, 7) is 4.33. The molecule has 24 heavy (non-hydrogen) atoms. The number of non-ortho nitro benzene ring substituents is 1. The Bertz CT molecular complexity index is 750. The normalized spacial score (nSPS) is 11.6. The third kappa shape index (κ3) is 4.66. The molecule has 126 valence electrons. The van der Waals surface area contributed by atoms with Crippen LogP contribution in [-0.4, -0.2) is 10.0 Å². The minimum Gasteiger partial charge on any atom is -0.332 e. The second-order valence-corrected chi connectivity index (χ2v) is 6.25. The van der Waals surface area contributed by atoms with Crippen molar-refractivity contribution in [1.82, 2.24) is 0 Å². The molecule has 0 saturated heterocycles. The first-order valence-corrected chi connectivity index (χ1v) is 8.31. The number of nitro groups is 1. The highest BCUT2D eigenvalue weighted by Crippen LogP contribution is 2.27. The van der Waals surface area contributed by atoms with Gasteiger partial charge >= 0.3 is 0 Å². The van der Waals surface area contributed by atoms with E-state index in [0.29, 0.717) is 21.7 Å². The molecule has 0 heterocycles. The van der Waals surface area contributed by atoms with Crippen LogP contribution in [0.4, 0.5) is 17.1 Å². The van der Waals surface area contributed by atoms with Crippen molar-refractivity contribution in [2.45, 2.75) is 26.2 Å². The molecule has 2 aromatic rings. The van der Waals surface area contributed by atoms with Crippen LogP contribution >= 0.6 is 23.8 Å². The van der Waals surface area contributed by atoms with Crippen LogP contribution < -0.4 is 10.6 Å². The van der Waals surface area contributed by atoms with Gasteiger partial charge in [-0.05, 0) is 48.3 Å². The van der Waals surface area contributed by atoms with Gasteiger partial charge in [-0.2, -0.15) is 0 Å². The van der Waals surface area contributed by atoms with E-state index in [1.807, 2.05) is 12.1 Å². The zero-order chi connectivity index (χ0) is 17.7. The highest BCUT2D eigenvalue weighted by molar-refractivity contribution is 7.80. The van der Waals surface area contributed by atoms with E-state index < -0.39 is 4.92 Å². The van der Waals surface area contributed by atoms with Gasteiger partial charge in [0.15, 0.2) is 5.11 Å². The SMILES string of the molecule is CCC(C)c1ccc(NC(=S)Nc2cc([N+](=O)[O-])ccc2Cl)cc1. The maximum atomic E-state index is 10.8. The summed E-state index contributed by atoms with van der Waals surface area (Å²) in [6, 6.07) is 12.2. The van der Waals surface area contributed by atoms with Gasteiger partial charge in [-0.3, -0.25) is 10.1 Å². The van der Waals surface area contributed by atoms with E-state index in [9.17, 15) is 10.1 Å². The monoisotopic (exact) mass is 363 g/mol. The largest absolute Gasteiger partial charge is 0.332 e. The quantitative estimate of drug-likeness (QED) is 0.413. The molecule has 0 amide bonds. The number of hydrogen-bond acceptors (Lipinski definition) is 3. The standard InChI is InChI=1S/C17H18ClN3O2S/c1-3-11(2)12-4-6-13(7-5-12)19-17(24)20-16-10-14(21(22)23)8-9-15(16)18/h4-11H,3H2,1-2H3,(H2,19,20,24). The van der Waals surface area contributed by atoms with E-state index in [4.69, 9.17) is 23.8 Å². The van der Waals surface area contributed by atoms with E-state index in [1.165, 1.54) is 23.8 Å². The van der Waals surface area contributed by atoms with Gasteiger partial charge in [0.2, 0.25) is 0 Å². The van der Waals surface area contributed by atoms with Crippen LogP contribution in [0.15, 0.2) is 42.5 Å². The minimum atomic E-state index is -0.481. The minimum absolute atomic E-state index is 0.0531. The molecule has 2 aromatic carbocycles. The first kappa shape index (κ1) is 18.2. The van der Waals surface area contributed by atoms with Crippen LogP contribution in [0.3, 0.4) is 0 Å². The Labute approximate surface area is 151 Å². The van der Waals surface area contributed by atoms with Crippen LogP contribution in [0.1, 0.15) is 31.7 Å². The Morgan fingerprint density at radius 2 is 1.92 bits per heavy atom. The molecule has 0 aliphatic carbocycles. The molecule has 2 rings (SSSR count). The number of nitrogens with one attached hydrogen (secondary N) is 2. The summed E-state index contributed by atoms with van der Waals surface area (Å²) in [7, 11) is 0. The maximum Gasteiger partial charge on any atom is 0.271 e. The molecule has 1 unspecified atom stereocenters. The zero-order valence-electron chi connectivity index (χ0n) is 13.4. The van der Waals surface area contributed by atoms with E-state index in [-0.39, 0.29) is 5.69 Å². The lowest BCUT2D eigenvalue weighted by molar-refractivity contribution is -0.384. The van der Waals surface area contributed by atoms with Crippen LogP contribution in [0.5, 0.6) is 0 Å². The molecule has 2 N–H and O–H groups in total. The molecule has 0 spiro atoms. The fraction of sp³-hybridized carbons (Fsp3) is 0.235. The predicted octanol–water partition coefficient (Wildman–Crippen LogP) is 5.57. The third-order valence-corrected chi connectivity index (χ3v) is 4.29. The average molecular weight is 364 g/mol. The van der Waals surface area contributed by atoms with Crippen molar-refractivity contribution in [2.75, 3.05) is 10.6 Å².